The Morgan fingerprint density at radius 3 is 2.44 bits per heavy atom. The third kappa shape index (κ3) is 3.78. The van der Waals surface area contributed by atoms with Crippen molar-refractivity contribution in [2.45, 2.75) is 44.9 Å². The Morgan fingerprint density at radius 1 is 1.00 bits per heavy atom. The van der Waals surface area contributed by atoms with Gasteiger partial charge in [0.05, 0.1) is 40.3 Å². The summed E-state index contributed by atoms with van der Waals surface area (Å²) >= 11 is 0. The molecule has 3 aromatic carbocycles. The van der Waals surface area contributed by atoms with Gasteiger partial charge in [0.25, 0.3) is 0 Å². The minimum atomic E-state index is -0.311. The van der Waals surface area contributed by atoms with Crippen molar-refractivity contribution < 1.29 is 9.13 Å². The minimum absolute atomic E-state index is 0.0640. The van der Waals surface area contributed by atoms with Crippen LogP contribution in [0.5, 0.6) is 0 Å². The number of fused-ring (bicyclic) bond motifs is 2. The Bertz CT molecular complexity index is 1450. The van der Waals surface area contributed by atoms with Gasteiger partial charge in [-0.05, 0) is 93.8 Å². The van der Waals surface area contributed by atoms with Crippen molar-refractivity contribution in [2.24, 2.45) is 0 Å². The Morgan fingerprint density at radius 2 is 1.75 bits per heavy atom. The molecule has 2 aliphatic rings. The molecule has 1 atom stereocenters. The number of rotatable bonds is 3. The highest BCUT2D eigenvalue weighted by Gasteiger charge is 2.39. The largest absolute Gasteiger partial charge is 0.356 e. The van der Waals surface area contributed by atoms with Gasteiger partial charge in [0, 0.05) is 29.9 Å². The van der Waals surface area contributed by atoms with Gasteiger partial charge in [-0.25, -0.2) is 9.07 Å². The second-order valence-electron chi connectivity index (χ2n) is 10.2. The number of ether oxygens (including phenoxy) is 1. The first-order chi connectivity index (χ1) is 17.4. The van der Waals surface area contributed by atoms with E-state index in [0.29, 0.717) is 12.1 Å². The van der Waals surface area contributed by atoms with E-state index in [-0.39, 0.29) is 17.6 Å². The van der Waals surface area contributed by atoms with Crippen molar-refractivity contribution in [3.63, 3.8) is 0 Å². The molecular weight excluding hydrogens is 453 g/mol. The molecule has 1 unspecified atom stereocenters. The van der Waals surface area contributed by atoms with Gasteiger partial charge >= 0.3 is 0 Å². The van der Waals surface area contributed by atoms with Crippen LogP contribution in [0.3, 0.4) is 0 Å². The molecule has 182 valence electrons. The Balaban J connectivity index is 1.55. The normalized spacial score (nSPS) is 19.2. The molecule has 0 spiro atoms. The Kier molecular flexibility index (Phi) is 5.42. The van der Waals surface area contributed by atoms with Crippen LogP contribution in [0.4, 0.5) is 27.1 Å². The van der Waals surface area contributed by atoms with Gasteiger partial charge < -0.3 is 14.5 Å². The highest BCUT2D eigenvalue weighted by atomic mass is 19.1. The third-order valence-corrected chi connectivity index (χ3v) is 7.20. The summed E-state index contributed by atoms with van der Waals surface area (Å²) in [6.45, 7) is 5.84. The van der Waals surface area contributed by atoms with Gasteiger partial charge in [0.2, 0.25) is 0 Å². The quantitative estimate of drug-likeness (QED) is 0.322. The van der Waals surface area contributed by atoms with Crippen molar-refractivity contribution in [1.29, 1.82) is 5.26 Å². The summed E-state index contributed by atoms with van der Waals surface area (Å²) in [7, 11) is 0. The predicted octanol–water partition coefficient (Wildman–Crippen LogP) is 6.81. The molecule has 3 heterocycles. The van der Waals surface area contributed by atoms with Crippen molar-refractivity contribution >= 4 is 33.7 Å². The number of benzene rings is 3. The maximum absolute atomic E-state index is 13.8. The average molecular weight is 482 g/mol. The SMILES string of the molecule is CC1(C)CN(c2ccc(C#N)cc2)c2cc3c(cnn3C3CCCCO3)cc2N1c1ccc(F)cc1. The average Bonchev–Trinajstić information content (AvgIpc) is 3.31. The van der Waals surface area contributed by atoms with Crippen molar-refractivity contribution in [3.8, 4) is 6.07 Å². The fourth-order valence-electron chi connectivity index (χ4n) is 5.51. The van der Waals surface area contributed by atoms with Gasteiger partial charge in [0.1, 0.15) is 5.82 Å². The first-order valence-corrected chi connectivity index (χ1v) is 12.4. The molecule has 0 aliphatic carbocycles. The van der Waals surface area contributed by atoms with Crippen molar-refractivity contribution in [2.75, 3.05) is 23.0 Å². The zero-order valence-corrected chi connectivity index (χ0v) is 20.5. The van der Waals surface area contributed by atoms with Crippen LogP contribution in [0.2, 0.25) is 0 Å². The first kappa shape index (κ1) is 22.6. The lowest BCUT2D eigenvalue weighted by atomic mass is 9.93. The second kappa shape index (κ2) is 8.65. The first-order valence-electron chi connectivity index (χ1n) is 12.4. The maximum Gasteiger partial charge on any atom is 0.150 e. The van der Waals surface area contributed by atoms with E-state index in [1.807, 2.05) is 47.3 Å². The van der Waals surface area contributed by atoms with Crippen molar-refractivity contribution in [1.82, 2.24) is 9.78 Å². The molecule has 6 nitrogen and oxygen atoms in total. The molecule has 36 heavy (non-hydrogen) atoms. The molecule has 4 aromatic rings. The van der Waals surface area contributed by atoms with Gasteiger partial charge in [-0.3, -0.25) is 0 Å². The summed E-state index contributed by atoms with van der Waals surface area (Å²) in [4.78, 5) is 4.59. The van der Waals surface area contributed by atoms with Crippen LogP contribution in [0, 0.1) is 17.1 Å². The van der Waals surface area contributed by atoms with Gasteiger partial charge in [0.15, 0.2) is 6.23 Å². The summed E-state index contributed by atoms with van der Waals surface area (Å²) in [6, 6.07) is 21.0. The van der Waals surface area contributed by atoms with E-state index in [1.165, 1.54) is 12.1 Å². The topological polar surface area (TPSA) is 57.3 Å². The van der Waals surface area contributed by atoms with E-state index in [2.05, 4.69) is 41.8 Å². The lowest BCUT2D eigenvalue weighted by molar-refractivity contribution is -0.0366. The Hall–Kier alpha value is -3.89. The van der Waals surface area contributed by atoms with Crippen LogP contribution in [0.15, 0.2) is 66.9 Å². The zero-order chi connectivity index (χ0) is 24.9. The molecule has 7 heteroatoms. The lowest BCUT2D eigenvalue weighted by Gasteiger charge is -2.50. The number of nitrogens with zero attached hydrogens (tertiary/aromatic N) is 5. The maximum atomic E-state index is 13.8. The standard InChI is InChI=1S/C29H28FN5O/c1-29(2)19-33(23-10-6-20(17-31)7-11-23)26-16-25-21(18-32-35(25)28-5-3-4-14-36-28)15-27(26)34(29)24-12-8-22(30)9-13-24/h6-13,15-16,18,28H,3-5,14,19H2,1-2H3. The number of hydrogen-bond acceptors (Lipinski definition) is 5. The van der Waals surface area contributed by atoms with Gasteiger partial charge in [-0.15, -0.1) is 0 Å². The summed E-state index contributed by atoms with van der Waals surface area (Å²) in [6.07, 6.45) is 5.00. The Labute approximate surface area is 210 Å². The highest BCUT2D eigenvalue weighted by Crippen LogP contribution is 2.48. The number of anilines is 4. The molecule has 1 aromatic heterocycles. The zero-order valence-electron chi connectivity index (χ0n) is 20.5. The summed E-state index contributed by atoms with van der Waals surface area (Å²) < 4.78 is 21.9. The fraction of sp³-hybridized carbons (Fsp3) is 0.310. The molecule has 1 fully saturated rings. The molecule has 6 rings (SSSR count). The molecule has 0 N–H and O–H groups in total. The van der Waals surface area contributed by atoms with Crippen LogP contribution < -0.4 is 9.80 Å². The molecule has 2 aliphatic heterocycles. The third-order valence-electron chi connectivity index (χ3n) is 7.20. The number of aromatic nitrogens is 2. The van der Waals surface area contributed by atoms with Gasteiger partial charge in [-0.1, -0.05) is 0 Å². The van der Waals surface area contributed by atoms with E-state index >= 15 is 0 Å². The van der Waals surface area contributed by atoms with Gasteiger partial charge in [-0.2, -0.15) is 10.4 Å². The lowest BCUT2D eigenvalue weighted by Crippen LogP contribution is -2.52. The molecular formula is C29H28FN5O. The number of nitriles is 1. The van der Waals surface area contributed by atoms with Crippen molar-refractivity contribution in [3.05, 3.63) is 78.2 Å². The van der Waals surface area contributed by atoms with Crippen LogP contribution in [-0.2, 0) is 4.74 Å². The second-order valence-corrected chi connectivity index (χ2v) is 10.2. The summed E-state index contributed by atoms with van der Waals surface area (Å²) in [5.41, 5.74) is 5.36. The summed E-state index contributed by atoms with van der Waals surface area (Å²) in [5.74, 6) is -0.253. The molecule has 0 radical (unpaired) electrons. The monoisotopic (exact) mass is 481 g/mol. The van der Waals surface area contributed by atoms with Crippen LogP contribution in [-0.4, -0.2) is 28.5 Å². The van der Waals surface area contributed by atoms with E-state index in [1.54, 1.807) is 0 Å². The molecule has 0 saturated carbocycles. The van der Waals surface area contributed by atoms with E-state index in [4.69, 9.17) is 9.84 Å². The fourth-order valence-corrected chi connectivity index (χ4v) is 5.51. The minimum Gasteiger partial charge on any atom is -0.356 e. The molecule has 1 saturated heterocycles. The molecule has 0 bridgehead atoms. The predicted molar refractivity (Wildman–Crippen MR) is 139 cm³/mol. The van der Waals surface area contributed by atoms with E-state index in [9.17, 15) is 9.65 Å². The van der Waals surface area contributed by atoms with Crippen LogP contribution in [0.1, 0.15) is 44.9 Å². The van der Waals surface area contributed by atoms with E-state index < -0.39 is 0 Å². The number of halogens is 1. The molecule has 0 amide bonds. The smallest absolute Gasteiger partial charge is 0.150 e. The van der Waals surface area contributed by atoms with E-state index in [0.717, 1.165) is 59.5 Å². The summed E-state index contributed by atoms with van der Waals surface area (Å²) in [5, 5.41) is 15.1. The van der Waals surface area contributed by atoms with Crippen LogP contribution in [0.25, 0.3) is 10.9 Å². The highest BCUT2D eigenvalue weighted by molar-refractivity contribution is 5.96. The van der Waals surface area contributed by atoms with Crippen LogP contribution >= 0.6 is 0 Å². The number of hydrogen-bond donors (Lipinski definition) is 0.